The molecule has 0 aliphatic carbocycles. The van der Waals surface area contributed by atoms with Crippen LogP contribution in [0.25, 0.3) is 0 Å². The molecule has 5 nitrogen and oxygen atoms in total. The molecule has 0 bridgehead atoms. The summed E-state index contributed by atoms with van der Waals surface area (Å²) in [5.74, 6) is 0.00205. The summed E-state index contributed by atoms with van der Waals surface area (Å²) in [6, 6.07) is 9.58. The van der Waals surface area contributed by atoms with E-state index >= 15 is 0 Å². The van der Waals surface area contributed by atoms with Crippen molar-refractivity contribution in [2.45, 2.75) is 71.7 Å². The second-order valence-electron chi connectivity index (χ2n) is 7.88. The minimum Gasteiger partial charge on any atom is -0.444 e. The van der Waals surface area contributed by atoms with E-state index in [0.717, 1.165) is 12.0 Å². The Morgan fingerprint density at radius 2 is 1.88 bits per heavy atom. The van der Waals surface area contributed by atoms with Gasteiger partial charge in [-0.2, -0.15) is 0 Å². The third-order valence-electron chi connectivity index (χ3n) is 4.27. The number of carbonyl (C=O) groups is 2. The van der Waals surface area contributed by atoms with Crippen molar-refractivity contribution in [3.05, 3.63) is 35.9 Å². The molecule has 2 rings (SSSR count). The minimum absolute atomic E-state index is 0.00205. The Balaban J connectivity index is 2.13. The van der Waals surface area contributed by atoms with E-state index in [1.54, 1.807) is 4.90 Å². The molecule has 0 N–H and O–H groups in total. The van der Waals surface area contributed by atoms with Crippen LogP contribution in [0.1, 0.15) is 53.0 Å². The molecule has 1 aromatic carbocycles. The first kappa shape index (κ1) is 19.3. The third kappa shape index (κ3) is 5.21. The van der Waals surface area contributed by atoms with Crippen LogP contribution in [0.2, 0.25) is 0 Å². The van der Waals surface area contributed by atoms with Gasteiger partial charge in [-0.15, -0.1) is 0 Å². The van der Waals surface area contributed by atoms with Gasteiger partial charge in [-0.3, -0.25) is 9.69 Å². The van der Waals surface area contributed by atoms with E-state index in [9.17, 15) is 9.59 Å². The molecule has 5 heteroatoms. The quantitative estimate of drug-likeness (QED) is 0.833. The number of benzene rings is 1. The van der Waals surface area contributed by atoms with Gasteiger partial charge >= 0.3 is 6.09 Å². The van der Waals surface area contributed by atoms with Crippen molar-refractivity contribution in [3.63, 3.8) is 0 Å². The number of hydrogen-bond acceptors (Lipinski definition) is 3. The Morgan fingerprint density at radius 1 is 1.24 bits per heavy atom. The zero-order valence-corrected chi connectivity index (χ0v) is 16.0. The van der Waals surface area contributed by atoms with E-state index < -0.39 is 17.7 Å². The fourth-order valence-electron chi connectivity index (χ4n) is 3.05. The molecule has 1 saturated heterocycles. The number of hydrogen-bond donors (Lipinski definition) is 0. The van der Waals surface area contributed by atoms with Crippen molar-refractivity contribution < 1.29 is 14.3 Å². The largest absolute Gasteiger partial charge is 0.444 e. The molecule has 0 radical (unpaired) electrons. The lowest BCUT2D eigenvalue weighted by Crippen LogP contribution is -2.50. The molecule has 1 aliphatic rings. The molecule has 0 aromatic heterocycles. The molecule has 1 fully saturated rings. The molecule has 0 spiro atoms. The summed E-state index contributed by atoms with van der Waals surface area (Å²) < 4.78 is 5.48. The van der Waals surface area contributed by atoms with E-state index in [-0.39, 0.29) is 11.9 Å². The summed E-state index contributed by atoms with van der Waals surface area (Å²) in [7, 11) is 0. The molecule has 138 valence electrons. The number of likely N-dealkylation sites (tertiary alicyclic amines) is 1. The van der Waals surface area contributed by atoms with Gasteiger partial charge in [0.25, 0.3) is 0 Å². The van der Waals surface area contributed by atoms with Crippen molar-refractivity contribution >= 4 is 12.0 Å². The maximum Gasteiger partial charge on any atom is 0.410 e. The van der Waals surface area contributed by atoms with Crippen LogP contribution in [-0.4, -0.2) is 46.0 Å². The van der Waals surface area contributed by atoms with Crippen molar-refractivity contribution in [2.75, 3.05) is 6.54 Å². The molecule has 25 heavy (non-hydrogen) atoms. The van der Waals surface area contributed by atoms with Crippen molar-refractivity contribution in [3.8, 4) is 0 Å². The van der Waals surface area contributed by atoms with Crippen molar-refractivity contribution in [1.29, 1.82) is 0 Å². The van der Waals surface area contributed by atoms with Gasteiger partial charge in [0.05, 0.1) is 0 Å². The molecular formula is C20H30N2O3. The molecule has 2 amide bonds. The van der Waals surface area contributed by atoms with Gasteiger partial charge in [-0.05, 0) is 53.0 Å². The Morgan fingerprint density at radius 3 is 2.44 bits per heavy atom. The van der Waals surface area contributed by atoms with E-state index in [0.29, 0.717) is 19.5 Å². The highest BCUT2D eigenvalue weighted by Crippen LogP contribution is 2.24. The van der Waals surface area contributed by atoms with Crippen molar-refractivity contribution in [2.24, 2.45) is 0 Å². The summed E-state index contributed by atoms with van der Waals surface area (Å²) in [6.07, 6.45) is 1.12. The lowest BCUT2D eigenvalue weighted by Gasteiger charge is -2.33. The number of amides is 2. The maximum atomic E-state index is 13.1. The summed E-state index contributed by atoms with van der Waals surface area (Å²) >= 11 is 0. The molecule has 1 unspecified atom stereocenters. The third-order valence-corrected chi connectivity index (χ3v) is 4.27. The fourth-order valence-corrected chi connectivity index (χ4v) is 3.05. The Hall–Kier alpha value is -2.04. The number of carbonyl (C=O) groups excluding carboxylic acids is 2. The maximum absolute atomic E-state index is 13.1. The molecule has 1 heterocycles. The van der Waals surface area contributed by atoms with E-state index in [1.165, 1.54) is 0 Å². The predicted molar refractivity (Wildman–Crippen MR) is 98.1 cm³/mol. The van der Waals surface area contributed by atoms with Crippen LogP contribution in [-0.2, 0) is 16.1 Å². The molecule has 1 aliphatic heterocycles. The Labute approximate surface area is 150 Å². The first-order valence-corrected chi connectivity index (χ1v) is 9.03. The van der Waals surface area contributed by atoms with Gasteiger partial charge in [0, 0.05) is 19.1 Å². The van der Waals surface area contributed by atoms with Gasteiger partial charge in [-0.25, -0.2) is 4.79 Å². The summed E-state index contributed by atoms with van der Waals surface area (Å²) in [4.78, 5) is 29.0. The van der Waals surface area contributed by atoms with Crippen LogP contribution in [0.5, 0.6) is 0 Å². The average molecular weight is 346 g/mol. The normalized spacial score (nSPS) is 17.7. The molecular weight excluding hydrogens is 316 g/mol. The molecule has 1 aromatic rings. The zero-order valence-electron chi connectivity index (χ0n) is 16.0. The number of nitrogens with zero attached hydrogens (tertiary/aromatic N) is 2. The van der Waals surface area contributed by atoms with Gasteiger partial charge in [-0.1, -0.05) is 30.3 Å². The van der Waals surface area contributed by atoms with Gasteiger partial charge in [0.15, 0.2) is 0 Å². The van der Waals surface area contributed by atoms with E-state index in [4.69, 9.17) is 4.74 Å². The lowest BCUT2D eigenvalue weighted by atomic mass is 10.1. The number of rotatable bonds is 4. The Kier molecular flexibility index (Phi) is 6.09. The highest BCUT2D eigenvalue weighted by Gasteiger charge is 2.39. The summed E-state index contributed by atoms with van der Waals surface area (Å²) in [6.45, 7) is 10.7. The monoisotopic (exact) mass is 346 g/mol. The van der Waals surface area contributed by atoms with Gasteiger partial charge < -0.3 is 9.64 Å². The van der Waals surface area contributed by atoms with Crippen LogP contribution in [0.3, 0.4) is 0 Å². The highest BCUT2D eigenvalue weighted by molar-refractivity contribution is 5.86. The average Bonchev–Trinajstić information content (AvgIpc) is 3.01. The van der Waals surface area contributed by atoms with Crippen LogP contribution >= 0.6 is 0 Å². The minimum atomic E-state index is -0.560. The highest BCUT2D eigenvalue weighted by atomic mass is 16.6. The van der Waals surface area contributed by atoms with Gasteiger partial charge in [0.2, 0.25) is 5.91 Å². The smallest absolute Gasteiger partial charge is 0.410 e. The van der Waals surface area contributed by atoms with E-state index in [2.05, 4.69) is 0 Å². The topological polar surface area (TPSA) is 49.9 Å². The van der Waals surface area contributed by atoms with Crippen LogP contribution in [0, 0.1) is 0 Å². The standard InChI is InChI=1S/C20H30N2O3/c1-15(2)22(14-16-10-7-6-8-11-16)18(23)17-12-9-13-21(17)19(24)25-20(3,4)5/h6-8,10-11,15,17H,9,12-14H2,1-5H3. The molecule has 0 saturated carbocycles. The summed E-state index contributed by atoms with van der Waals surface area (Å²) in [5.41, 5.74) is 0.529. The SMILES string of the molecule is CC(C)N(Cc1ccccc1)C(=O)C1CCCN1C(=O)OC(C)(C)C. The van der Waals surface area contributed by atoms with E-state index in [1.807, 2.05) is 69.9 Å². The van der Waals surface area contributed by atoms with Crippen molar-refractivity contribution in [1.82, 2.24) is 9.80 Å². The second kappa shape index (κ2) is 7.89. The van der Waals surface area contributed by atoms with Crippen LogP contribution < -0.4 is 0 Å². The first-order chi connectivity index (χ1) is 11.7. The Bertz CT molecular complexity index is 593. The van der Waals surface area contributed by atoms with Gasteiger partial charge in [0.1, 0.15) is 11.6 Å². The fraction of sp³-hybridized carbons (Fsp3) is 0.600. The van der Waals surface area contributed by atoms with Crippen LogP contribution in [0.4, 0.5) is 4.79 Å². The molecule has 1 atom stereocenters. The summed E-state index contributed by atoms with van der Waals surface area (Å²) in [5, 5.41) is 0. The number of ether oxygens (including phenoxy) is 1. The predicted octanol–water partition coefficient (Wildman–Crippen LogP) is 3.82. The van der Waals surface area contributed by atoms with Crippen LogP contribution in [0.15, 0.2) is 30.3 Å². The zero-order chi connectivity index (χ0) is 18.6. The second-order valence-corrected chi connectivity index (χ2v) is 7.88. The lowest BCUT2D eigenvalue weighted by molar-refractivity contribution is -0.138. The first-order valence-electron chi connectivity index (χ1n) is 9.03.